The first-order chi connectivity index (χ1) is 18.3. The zero-order valence-corrected chi connectivity index (χ0v) is 24.1. The summed E-state index contributed by atoms with van der Waals surface area (Å²) < 4.78 is 47.3. The molecule has 1 aliphatic carbocycles. The Morgan fingerprint density at radius 1 is 1.18 bits per heavy atom. The van der Waals surface area contributed by atoms with Crippen LogP contribution in [0.25, 0.3) is 0 Å². The van der Waals surface area contributed by atoms with E-state index in [-0.39, 0.29) is 39.1 Å². The maximum Gasteiger partial charge on any atom is 0.348 e. The van der Waals surface area contributed by atoms with Crippen molar-refractivity contribution in [2.75, 3.05) is 25.1 Å². The molecule has 1 aromatic carbocycles. The first kappa shape index (κ1) is 29.1. The van der Waals surface area contributed by atoms with E-state index in [1.165, 1.54) is 12.0 Å². The van der Waals surface area contributed by atoms with Crippen LogP contribution in [0.2, 0.25) is 0 Å². The van der Waals surface area contributed by atoms with Crippen molar-refractivity contribution in [2.24, 2.45) is 11.3 Å². The minimum atomic E-state index is -4.16. The predicted octanol–water partition coefficient (Wildman–Crippen LogP) is 4.98. The number of nitrogens with zero attached hydrogens (tertiary/aromatic N) is 2. The Morgan fingerprint density at radius 3 is 2.49 bits per heavy atom. The average molecular weight is 577 g/mol. The number of carboxylic acid groups (broad SMARTS) is 1. The van der Waals surface area contributed by atoms with Gasteiger partial charge in [-0.3, -0.25) is 4.79 Å². The Hall–Kier alpha value is -2.94. The van der Waals surface area contributed by atoms with Crippen LogP contribution in [-0.4, -0.2) is 55.9 Å². The highest BCUT2D eigenvalue weighted by molar-refractivity contribution is 7.89. The fraction of sp³-hybridized carbons (Fsp3) is 0.500. The lowest BCUT2D eigenvalue weighted by atomic mass is 9.82. The van der Waals surface area contributed by atoms with Gasteiger partial charge in [-0.05, 0) is 57.7 Å². The van der Waals surface area contributed by atoms with Crippen molar-refractivity contribution in [1.29, 1.82) is 0 Å². The molecule has 210 valence electrons. The summed E-state index contributed by atoms with van der Waals surface area (Å²) in [5.41, 5.74) is -0.0384. The average Bonchev–Trinajstić information content (AvgIpc) is 3.31. The smallest absolute Gasteiger partial charge is 0.348 e. The van der Waals surface area contributed by atoms with E-state index >= 15 is 0 Å². The van der Waals surface area contributed by atoms with Crippen LogP contribution in [0.3, 0.4) is 0 Å². The summed E-state index contributed by atoms with van der Waals surface area (Å²) in [7, 11) is -2.92. The van der Waals surface area contributed by atoms with E-state index in [9.17, 15) is 27.5 Å². The molecule has 1 atom stereocenters. The van der Waals surface area contributed by atoms with E-state index in [0.717, 1.165) is 65.9 Å². The van der Waals surface area contributed by atoms with Gasteiger partial charge in [-0.1, -0.05) is 31.1 Å². The van der Waals surface area contributed by atoms with Crippen LogP contribution in [0.15, 0.2) is 29.2 Å². The molecule has 0 spiro atoms. The second kappa shape index (κ2) is 11.3. The monoisotopic (exact) mass is 576 g/mol. The highest BCUT2D eigenvalue weighted by Crippen LogP contribution is 2.39. The van der Waals surface area contributed by atoms with Crippen molar-refractivity contribution in [2.45, 2.75) is 63.8 Å². The van der Waals surface area contributed by atoms with E-state index in [1.54, 1.807) is 6.07 Å². The minimum absolute atomic E-state index is 0.00180. The SMILES string of the molecule is COc1cc(S(=O)(=O)N2CC(=O)N(c3cc(C#CC(C)(C)C)sc3C(=O)O)[C@H](C3CCCCC3)C2)ccc1F. The van der Waals surface area contributed by atoms with Crippen LogP contribution in [0.4, 0.5) is 10.1 Å². The van der Waals surface area contributed by atoms with Crippen molar-refractivity contribution in [3.05, 3.63) is 39.8 Å². The normalized spacial score (nSPS) is 19.5. The first-order valence-corrected chi connectivity index (χ1v) is 15.1. The number of rotatable bonds is 6. The molecule has 1 N–H and O–H groups in total. The fourth-order valence-corrected chi connectivity index (χ4v) is 7.38. The third-order valence-electron chi connectivity index (χ3n) is 6.98. The minimum Gasteiger partial charge on any atom is -0.494 e. The third kappa shape index (κ3) is 6.29. The van der Waals surface area contributed by atoms with Gasteiger partial charge in [0.25, 0.3) is 0 Å². The molecule has 4 rings (SSSR count). The molecule has 8 nitrogen and oxygen atoms in total. The quantitative estimate of drug-likeness (QED) is 0.487. The van der Waals surface area contributed by atoms with Gasteiger partial charge in [0.2, 0.25) is 15.9 Å². The number of piperazine rings is 1. The van der Waals surface area contributed by atoms with Crippen molar-refractivity contribution in [3.8, 4) is 17.6 Å². The lowest BCUT2D eigenvalue weighted by Crippen LogP contribution is -2.60. The van der Waals surface area contributed by atoms with Gasteiger partial charge in [0, 0.05) is 18.0 Å². The van der Waals surface area contributed by atoms with Gasteiger partial charge in [-0.15, -0.1) is 11.3 Å². The van der Waals surface area contributed by atoms with E-state index in [2.05, 4.69) is 11.8 Å². The number of hydrogen-bond donors (Lipinski definition) is 1. The van der Waals surface area contributed by atoms with E-state index in [0.29, 0.717) is 4.88 Å². The van der Waals surface area contributed by atoms with E-state index < -0.39 is 40.3 Å². The van der Waals surface area contributed by atoms with Crippen LogP contribution >= 0.6 is 11.3 Å². The molecule has 0 unspecified atom stereocenters. The van der Waals surface area contributed by atoms with Gasteiger partial charge >= 0.3 is 5.97 Å². The molecular weight excluding hydrogens is 543 g/mol. The van der Waals surface area contributed by atoms with Crippen LogP contribution in [0.1, 0.15) is 67.4 Å². The number of carboxylic acids is 1. The summed E-state index contributed by atoms with van der Waals surface area (Å²) in [6.45, 7) is 5.38. The van der Waals surface area contributed by atoms with Gasteiger partial charge in [0.15, 0.2) is 11.6 Å². The van der Waals surface area contributed by atoms with Gasteiger partial charge < -0.3 is 14.7 Å². The standard InChI is InChI=1S/C28H33FN2O6S2/c1-28(2,3)13-12-19-14-22(26(38-19)27(33)34)31-23(18-8-6-5-7-9-18)16-30(17-25(31)32)39(35,36)20-10-11-21(29)24(15-20)37-4/h10-11,14-15,18,23H,5-9,16-17H2,1-4H3,(H,33,34)/t23-/m0/s1. The number of halogens is 1. The number of aromatic carboxylic acids is 1. The summed E-state index contributed by atoms with van der Waals surface area (Å²) in [5, 5.41) is 10.00. The number of amides is 1. The maximum absolute atomic E-state index is 14.0. The van der Waals surface area contributed by atoms with Crippen LogP contribution in [0, 0.1) is 29.0 Å². The number of carbonyl (C=O) groups excluding carboxylic acids is 1. The van der Waals surface area contributed by atoms with Crippen LogP contribution < -0.4 is 9.64 Å². The third-order valence-corrected chi connectivity index (χ3v) is 9.82. The number of ether oxygens (including phenoxy) is 1. The molecule has 2 heterocycles. The Balaban J connectivity index is 1.76. The van der Waals surface area contributed by atoms with Crippen molar-refractivity contribution < 1.29 is 32.2 Å². The molecule has 39 heavy (non-hydrogen) atoms. The molecule has 2 aromatic rings. The van der Waals surface area contributed by atoms with Crippen LogP contribution in [-0.2, 0) is 14.8 Å². The molecule has 0 bridgehead atoms. The fourth-order valence-electron chi connectivity index (χ4n) is 5.12. The van der Waals surface area contributed by atoms with Crippen LogP contribution in [0.5, 0.6) is 5.75 Å². The molecule has 1 amide bonds. The van der Waals surface area contributed by atoms with E-state index in [1.807, 2.05) is 20.8 Å². The van der Waals surface area contributed by atoms with Gasteiger partial charge in [-0.2, -0.15) is 4.31 Å². The van der Waals surface area contributed by atoms with Crippen molar-refractivity contribution in [3.63, 3.8) is 0 Å². The second-order valence-corrected chi connectivity index (χ2v) is 13.9. The van der Waals surface area contributed by atoms with Gasteiger partial charge in [-0.25, -0.2) is 17.6 Å². The summed E-state index contributed by atoms with van der Waals surface area (Å²) >= 11 is 1.01. The molecular formula is C28H33FN2O6S2. The maximum atomic E-state index is 14.0. The molecule has 1 aliphatic heterocycles. The Kier molecular flexibility index (Phi) is 8.40. The number of sulfonamides is 1. The zero-order chi connectivity index (χ0) is 28.5. The van der Waals surface area contributed by atoms with Gasteiger partial charge in [0.05, 0.1) is 35.2 Å². The zero-order valence-electron chi connectivity index (χ0n) is 22.5. The number of anilines is 1. The Labute approximate surface area is 232 Å². The topological polar surface area (TPSA) is 104 Å². The van der Waals surface area contributed by atoms with E-state index in [4.69, 9.17) is 4.74 Å². The summed E-state index contributed by atoms with van der Waals surface area (Å²) in [6, 6.07) is 4.36. The molecule has 1 saturated carbocycles. The van der Waals surface area contributed by atoms with Crippen molar-refractivity contribution >= 4 is 38.9 Å². The second-order valence-electron chi connectivity index (χ2n) is 11.0. The highest BCUT2D eigenvalue weighted by Gasteiger charge is 2.44. The Morgan fingerprint density at radius 2 is 1.87 bits per heavy atom. The largest absolute Gasteiger partial charge is 0.494 e. The summed E-state index contributed by atoms with van der Waals surface area (Å²) in [4.78, 5) is 27.8. The number of benzene rings is 1. The molecule has 11 heteroatoms. The predicted molar refractivity (Wildman–Crippen MR) is 147 cm³/mol. The molecule has 1 saturated heterocycles. The van der Waals surface area contributed by atoms with Gasteiger partial charge in [0.1, 0.15) is 4.88 Å². The number of hydrogen-bond acceptors (Lipinski definition) is 6. The molecule has 2 fully saturated rings. The highest BCUT2D eigenvalue weighted by atomic mass is 32.2. The summed E-state index contributed by atoms with van der Waals surface area (Å²) in [6.07, 6.45) is 4.55. The lowest BCUT2D eigenvalue weighted by molar-refractivity contribution is -0.121. The number of methoxy groups -OCH3 is 1. The molecule has 1 aromatic heterocycles. The number of carbonyl (C=O) groups is 2. The number of thiophene rings is 1. The van der Waals surface area contributed by atoms with Crippen molar-refractivity contribution in [1.82, 2.24) is 4.31 Å². The molecule has 2 aliphatic rings. The summed E-state index contributed by atoms with van der Waals surface area (Å²) in [5.74, 6) is 3.56. The lowest BCUT2D eigenvalue weighted by Gasteiger charge is -2.44. The Bertz CT molecular complexity index is 1430. The first-order valence-electron chi connectivity index (χ1n) is 12.9. The molecule has 0 radical (unpaired) electrons.